The molecule has 4 aromatic rings. The van der Waals surface area contributed by atoms with Gasteiger partial charge in [0, 0.05) is 18.3 Å². The van der Waals surface area contributed by atoms with Crippen LogP contribution in [0.3, 0.4) is 0 Å². The van der Waals surface area contributed by atoms with E-state index in [9.17, 15) is 4.79 Å². The molecule has 6 heteroatoms. The molecule has 162 valence electrons. The molecule has 0 unspecified atom stereocenters. The first-order valence-corrected chi connectivity index (χ1v) is 10.9. The van der Waals surface area contributed by atoms with Crippen molar-refractivity contribution in [2.75, 3.05) is 0 Å². The third-order valence-corrected chi connectivity index (χ3v) is 5.83. The van der Waals surface area contributed by atoms with Gasteiger partial charge in [0.25, 0.3) is 5.91 Å². The maximum absolute atomic E-state index is 13.5. The number of nitrogens with zero attached hydrogens (tertiary/aromatic N) is 3. The summed E-state index contributed by atoms with van der Waals surface area (Å²) in [7, 11) is 1.98. The third kappa shape index (κ3) is 4.17. The molecule has 32 heavy (non-hydrogen) atoms. The highest BCUT2D eigenvalue weighted by Crippen LogP contribution is 2.27. The Morgan fingerprint density at radius 1 is 1.00 bits per heavy atom. The van der Waals surface area contributed by atoms with Crippen LogP contribution in [0, 0.1) is 0 Å². The van der Waals surface area contributed by atoms with Gasteiger partial charge >= 0.3 is 0 Å². The van der Waals surface area contributed by atoms with Crippen LogP contribution in [0.25, 0.3) is 0 Å². The van der Waals surface area contributed by atoms with E-state index in [-0.39, 0.29) is 5.91 Å². The van der Waals surface area contributed by atoms with E-state index >= 15 is 0 Å². The summed E-state index contributed by atoms with van der Waals surface area (Å²) in [5.74, 6) is 2.13. The SMILES string of the molecule is Cn1nc(CN(Cc2ccco2)C(=O)c2ccc(Oc3ccccc3)cc2)c2c1CCC2. The summed E-state index contributed by atoms with van der Waals surface area (Å²) in [5.41, 5.74) is 4.15. The molecule has 1 amide bonds. The second-order valence-electron chi connectivity index (χ2n) is 8.03. The summed E-state index contributed by atoms with van der Waals surface area (Å²) in [6.45, 7) is 0.838. The highest BCUT2D eigenvalue weighted by molar-refractivity contribution is 5.94. The van der Waals surface area contributed by atoms with E-state index in [1.54, 1.807) is 23.3 Å². The van der Waals surface area contributed by atoms with Gasteiger partial charge < -0.3 is 14.1 Å². The first kappa shape index (κ1) is 20.1. The molecule has 0 saturated heterocycles. The summed E-state index contributed by atoms with van der Waals surface area (Å²) in [6.07, 6.45) is 4.84. The summed E-state index contributed by atoms with van der Waals surface area (Å²) in [4.78, 5) is 15.3. The average molecular weight is 428 g/mol. The number of hydrogen-bond acceptors (Lipinski definition) is 4. The van der Waals surface area contributed by atoms with E-state index in [2.05, 4.69) is 0 Å². The number of carbonyl (C=O) groups excluding carboxylic acids is 1. The number of aryl methyl sites for hydroxylation is 1. The monoisotopic (exact) mass is 427 g/mol. The van der Waals surface area contributed by atoms with Gasteiger partial charge in [-0.1, -0.05) is 18.2 Å². The molecular weight excluding hydrogens is 402 g/mol. The minimum absolute atomic E-state index is 0.0648. The van der Waals surface area contributed by atoms with Gasteiger partial charge in [0.1, 0.15) is 17.3 Å². The van der Waals surface area contributed by atoms with Gasteiger partial charge in [-0.2, -0.15) is 5.10 Å². The first-order valence-electron chi connectivity index (χ1n) is 10.9. The Labute approximate surface area is 187 Å². The number of fused-ring (bicyclic) bond motifs is 1. The topological polar surface area (TPSA) is 60.5 Å². The Morgan fingerprint density at radius 2 is 1.78 bits per heavy atom. The van der Waals surface area contributed by atoms with Gasteiger partial charge in [-0.15, -0.1) is 0 Å². The van der Waals surface area contributed by atoms with E-state index in [4.69, 9.17) is 14.3 Å². The molecule has 0 bridgehead atoms. The molecule has 6 nitrogen and oxygen atoms in total. The van der Waals surface area contributed by atoms with Crippen molar-refractivity contribution in [3.63, 3.8) is 0 Å². The summed E-state index contributed by atoms with van der Waals surface area (Å²) >= 11 is 0. The molecule has 0 saturated carbocycles. The average Bonchev–Trinajstić information content (AvgIpc) is 3.55. The second kappa shape index (κ2) is 8.75. The van der Waals surface area contributed by atoms with Crippen LogP contribution in [0.15, 0.2) is 77.4 Å². The lowest BCUT2D eigenvalue weighted by molar-refractivity contribution is 0.0714. The number of ether oxygens (including phenoxy) is 1. The predicted octanol–water partition coefficient (Wildman–Crippen LogP) is 5.14. The molecule has 0 N–H and O–H groups in total. The number of hydrogen-bond donors (Lipinski definition) is 0. The zero-order valence-corrected chi connectivity index (χ0v) is 18.0. The molecule has 2 aromatic heterocycles. The van der Waals surface area contributed by atoms with Crippen molar-refractivity contribution in [1.82, 2.24) is 14.7 Å². The Hall–Kier alpha value is -3.80. The molecule has 5 rings (SSSR count). The molecule has 0 fully saturated rings. The number of para-hydroxylation sites is 1. The number of amides is 1. The summed E-state index contributed by atoms with van der Waals surface area (Å²) in [6, 6.07) is 20.6. The van der Waals surface area contributed by atoms with Crippen molar-refractivity contribution in [3.8, 4) is 11.5 Å². The van der Waals surface area contributed by atoms with E-state index in [0.29, 0.717) is 24.4 Å². The number of benzene rings is 2. The molecule has 0 radical (unpaired) electrons. The molecular formula is C26H25N3O3. The van der Waals surface area contributed by atoms with Crippen LogP contribution >= 0.6 is 0 Å². The van der Waals surface area contributed by atoms with Crippen LogP contribution in [-0.4, -0.2) is 20.6 Å². The van der Waals surface area contributed by atoms with E-state index < -0.39 is 0 Å². The summed E-state index contributed by atoms with van der Waals surface area (Å²) < 4.78 is 13.3. The number of carbonyl (C=O) groups is 1. The number of aromatic nitrogens is 2. The Balaban J connectivity index is 1.37. The van der Waals surface area contributed by atoms with Crippen LogP contribution in [0.4, 0.5) is 0 Å². The second-order valence-corrected chi connectivity index (χ2v) is 8.03. The molecule has 1 aliphatic carbocycles. The standard InChI is InChI=1S/C26H25N3O3/c1-28-25-11-5-10-23(25)24(27-28)18-29(17-22-9-6-16-31-22)26(30)19-12-14-21(15-13-19)32-20-7-3-2-4-8-20/h2-4,6-9,12-16H,5,10-11,17-18H2,1H3. The number of rotatable bonds is 7. The van der Waals surface area contributed by atoms with Crippen molar-refractivity contribution < 1.29 is 13.9 Å². The first-order chi connectivity index (χ1) is 15.7. The largest absolute Gasteiger partial charge is 0.467 e. The normalized spacial score (nSPS) is 12.5. The Bertz CT molecular complexity index is 1200. The summed E-state index contributed by atoms with van der Waals surface area (Å²) in [5, 5.41) is 4.71. The Kier molecular flexibility index (Phi) is 5.50. The fourth-order valence-electron chi connectivity index (χ4n) is 4.27. The maximum atomic E-state index is 13.5. The number of furan rings is 1. The molecule has 0 aliphatic heterocycles. The smallest absolute Gasteiger partial charge is 0.254 e. The minimum atomic E-state index is -0.0648. The quantitative estimate of drug-likeness (QED) is 0.410. The van der Waals surface area contributed by atoms with Crippen LogP contribution < -0.4 is 4.74 Å². The maximum Gasteiger partial charge on any atom is 0.254 e. The van der Waals surface area contributed by atoms with Gasteiger partial charge in [0.15, 0.2) is 0 Å². The van der Waals surface area contributed by atoms with Crippen LogP contribution in [0.1, 0.15) is 39.5 Å². The van der Waals surface area contributed by atoms with E-state index in [1.807, 2.05) is 66.3 Å². The van der Waals surface area contributed by atoms with Crippen LogP contribution in [-0.2, 0) is 33.0 Å². The van der Waals surface area contributed by atoms with E-state index in [0.717, 1.165) is 36.5 Å². The van der Waals surface area contributed by atoms with Gasteiger partial charge in [-0.3, -0.25) is 9.48 Å². The zero-order chi connectivity index (χ0) is 21.9. The van der Waals surface area contributed by atoms with Crippen molar-refractivity contribution >= 4 is 5.91 Å². The highest BCUT2D eigenvalue weighted by atomic mass is 16.5. The molecule has 0 atom stereocenters. The predicted molar refractivity (Wildman–Crippen MR) is 120 cm³/mol. The van der Waals surface area contributed by atoms with Gasteiger partial charge in [-0.05, 0) is 73.4 Å². The lowest BCUT2D eigenvalue weighted by Crippen LogP contribution is -2.30. The zero-order valence-electron chi connectivity index (χ0n) is 18.0. The molecule has 2 heterocycles. The van der Waals surface area contributed by atoms with Crippen molar-refractivity contribution in [2.45, 2.75) is 32.4 Å². The fraction of sp³-hybridized carbons (Fsp3) is 0.231. The van der Waals surface area contributed by atoms with E-state index in [1.165, 1.54) is 11.3 Å². The lowest BCUT2D eigenvalue weighted by atomic mass is 10.1. The Morgan fingerprint density at radius 3 is 2.53 bits per heavy atom. The van der Waals surface area contributed by atoms with Gasteiger partial charge in [0.2, 0.25) is 0 Å². The fourth-order valence-corrected chi connectivity index (χ4v) is 4.27. The lowest BCUT2D eigenvalue weighted by Gasteiger charge is -2.21. The van der Waals surface area contributed by atoms with Crippen LogP contribution in [0.5, 0.6) is 11.5 Å². The minimum Gasteiger partial charge on any atom is -0.467 e. The van der Waals surface area contributed by atoms with Crippen molar-refractivity contribution in [1.29, 1.82) is 0 Å². The van der Waals surface area contributed by atoms with Gasteiger partial charge in [-0.25, -0.2) is 0 Å². The highest BCUT2D eigenvalue weighted by Gasteiger charge is 2.25. The van der Waals surface area contributed by atoms with Crippen molar-refractivity contribution in [2.24, 2.45) is 7.05 Å². The van der Waals surface area contributed by atoms with Gasteiger partial charge in [0.05, 0.1) is 25.0 Å². The molecule has 0 spiro atoms. The molecule has 1 aliphatic rings. The third-order valence-electron chi connectivity index (χ3n) is 5.83. The van der Waals surface area contributed by atoms with Crippen molar-refractivity contribution in [3.05, 3.63) is 101 Å². The molecule has 2 aromatic carbocycles. The van der Waals surface area contributed by atoms with Crippen LogP contribution in [0.2, 0.25) is 0 Å².